The third kappa shape index (κ3) is 5.45. The van der Waals surface area contributed by atoms with Crippen molar-refractivity contribution in [3.8, 4) is 0 Å². The van der Waals surface area contributed by atoms with Gasteiger partial charge >= 0.3 is 0 Å². The molecular formula is C21H37IN6OS. The largest absolute Gasteiger partial charge is 0.379 e. The second-order valence-corrected chi connectivity index (χ2v) is 9.69. The van der Waals surface area contributed by atoms with E-state index < -0.39 is 0 Å². The number of rotatable bonds is 5. The Balaban J connectivity index is 0.00000256. The summed E-state index contributed by atoms with van der Waals surface area (Å²) in [6, 6.07) is 0.449. The molecule has 0 aromatic carbocycles. The molecule has 3 unspecified atom stereocenters. The Morgan fingerprint density at radius 2 is 2.17 bits per heavy atom. The Morgan fingerprint density at radius 1 is 1.33 bits per heavy atom. The van der Waals surface area contributed by atoms with Gasteiger partial charge in [0, 0.05) is 50.9 Å². The summed E-state index contributed by atoms with van der Waals surface area (Å²) in [6.07, 6.45) is 8.34. The molecule has 3 atom stereocenters. The van der Waals surface area contributed by atoms with Gasteiger partial charge in [-0.2, -0.15) is 11.8 Å². The van der Waals surface area contributed by atoms with E-state index in [1.165, 1.54) is 24.3 Å². The molecule has 170 valence electrons. The van der Waals surface area contributed by atoms with E-state index in [0.29, 0.717) is 12.0 Å². The normalized spacial score (nSPS) is 30.9. The molecule has 3 aliphatic heterocycles. The average molecular weight is 549 g/mol. The molecular weight excluding hydrogens is 511 g/mol. The third-order valence-corrected chi connectivity index (χ3v) is 7.98. The van der Waals surface area contributed by atoms with Crippen LogP contribution in [-0.2, 0) is 4.74 Å². The van der Waals surface area contributed by atoms with Crippen LogP contribution in [0.5, 0.6) is 0 Å². The van der Waals surface area contributed by atoms with Crippen molar-refractivity contribution in [1.29, 1.82) is 0 Å². The minimum atomic E-state index is 0. The van der Waals surface area contributed by atoms with Crippen LogP contribution in [0.3, 0.4) is 0 Å². The second-order valence-electron chi connectivity index (χ2n) is 8.59. The van der Waals surface area contributed by atoms with E-state index in [1.807, 2.05) is 12.5 Å². The molecule has 3 saturated heterocycles. The Bertz CT molecular complexity index is 660. The fraction of sp³-hybridized carbons (Fsp3) is 0.810. The van der Waals surface area contributed by atoms with Gasteiger partial charge in [-0.15, -0.1) is 24.0 Å². The lowest BCUT2D eigenvalue weighted by molar-refractivity contribution is -0.0105. The Labute approximate surface area is 202 Å². The summed E-state index contributed by atoms with van der Waals surface area (Å²) in [5, 5.41) is 3.58. The van der Waals surface area contributed by atoms with E-state index in [1.54, 1.807) is 0 Å². The predicted molar refractivity (Wildman–Crippen MR) is 135 cm³/mol. The number of morpholine rings is 1. The number of aliphatic imine (C=N–C) groups is 1. The number of hydrogen-bond donors (Lipinski definition) is 1. The van der Waals surface area contributed by atoms with Crippen LogP contribution >= 0.6 is 35.7 Å². The van der Waals surface area contributed by atoms with Crippen molar-refractivity contribution < 1.29 is 4.74 Å². The molecule has 0 bridgehead atoms. The molecule has 0 aliphatic carbocycles. The maximum atomic E-state index is 5.61. The number of likely N-dealkylation sites (tertiary alicyclic amines) is 1. The van der Waals surface area contributed by atoms with Crippen LogP contribution < -0.4 is 5.32 Å². The zero-order valence-corrected chi connectivity index (χ0v) is 21.5. The summed E-state index contributed by atoms with van der Waals surface area (Å²) in [4.78, 5) is 14.6. The van der Waals surface area contributed by atoms with Gasteiger partial charge in [0.05, 0.1) is 37.7 Å². The van der Waals surface area contributed by atoms with Crippen molar-refractivity contribution in [2.45, 2.75) is 38.3 Å². The lowest BCUT2D eigenvalue weighted by Crippen LogP contribution is -2.56. The molecule has 1 aromatic heterocycles. The van der Waals surface area contributed by atoms with Crippen molar-refractivity contribution in [3.63, 3.8) is 0 Å². The fourth-order valence-electron chi connectivity index (χ4n) is 4.85. The van der Waals surface area contributed by atoms with E-state index in [2.05, 4.69) is 56.5 Å². The van der Waals surface area contributed by atoms with Crippen LogP contribution in [0.25, 0.3) is 0 Å². The smallest absolute Gasteiger partial charge is 0.194 e. The van der Waals surface area contributed by atoms with Gasteiger partial charge in [-0.1, -0.05) is 6.92 Å². The van der Waals surface area contributed by atoms with Crippen molar-refractivity contribution >= 4 is 41.7 Å². The first-order chi connectivity index (χ1) is 14.2. The quantitative estimate of drug-likeness (QED) is 0.347. The molecule has 3 fully saturated rings. The van der Waals surface area contributed by atoms with Crippen molar-refractivity contribution in [2.75, 3.05) is 64.0 Å². The van der Waals surface area contributed by atoms with Crippen LogP contribution in [0.1, 0.15) is 32.7 Å². The zero-order chi connectivity index (χ0) is 20.1. The van der Waals surface area contributed by atoms with Gasteiger partial charge in [0.2, 0.25) is 0 Å². The first kappa shape index (κ1) is 24.1. The minimum absolute atomic E-state index is 0. The number of imidazole rings is 1. The van der Waals surface area contributed by atoms with Gasteiger partial charge < -0.3 is 19.5 Å². The summed E-state index contributed by atoms with van der Waals surface area (Å²) in [5.74, 6) is 4.15. The molecule has 1 aromatic rings. The first-order valence-corrected chi connectivity index (χ1v) is 12.3. The van der Waals surface area contributed by atoms with Gasteiger partial charge in [-0.05, 0) is 31.4 Å². The maximum absolute atomic E-state index is 5.61. The van der Waals surface area contributed by atoms with Crippen LogP contribution in [0.2, 0.25) is 0 Å². The van der Waals surface area contributed by atoms with E-state index in [0.717, 1.165) is 58.4 Å². The highest BCUT2D eigenvalue weighted by atomic mass is 127. The highest BCUT2D eigenvalue weighted by Crippen LogP contribution is 2.34. The minimum Gasteiger partial charge on any atom is -0.379 e. The van der Waals surface area contributed by atoms with E-state index in [9.17, 15) is 0 Å². The van der Waals surface area contributed by atoms with Gasteiger partial charge in [0.1, 0.15) is 0 Å². The SMILES string of the molecule is CCNC(=NCC1(N2CCOCC2)CCSC1)N1CCC(C)C(n2ccnc2)C1.I. The van der Waals surface area contributed by atoms with Crippen molar-refractivity contribution in [3.05, 3.63) is 18.7 Å². The van der Waals surface area contributed by atoms with Crippen LogP contribution in [0, 0.1) is 5.92 Å². The second kappa shape index (κ2) is 11.4. The number of nitrogens with zero attached hydrogens (tertiary/aromatic N) is 5. The van der Waals surface area contributed by atoms with Gasteiger partial charge in [-0.25, -0.2) is 4.98 Å². The van der Waals surface area contributed by atoms with E-state index >= 15 is 0 Å². The molecule has 7 nitrogen and oxygen atoms in total. The number of thioether (sulfide) groups is 1. The summed E-state index contributed by atoms with van der Waals surface area (Å²) in [6.45, 7) is 12.1. The summed E-state index contributed by atoms with van der Waals surface area (Å²) in [5.41, 5.74) is 0.196. The topological polar surface area (TPSA) is 57.9 Å². The first-order valence-electron chi connectivity index (χ1n) is 11.1. The number of nitrogens with one attached hydrogen (secondary N) is 1. The molecule has 30 heavy (non-hydrogen) atoms. The number of hydrogen-bond acceptors (Lipinski definition) is 5. The van der Waals surface area contributed by atoms with Gasteiger partial charge in [0.25, 0.3) is 0 Å². The number of halogens is 1. The van der Waals surface area contributed by atoms with Crippen molar-refractivity contribution in [2.24, 2.45) is 10.9 Å². The summed E-state index contributed by atoms with van der Waals surface area (Å²) >= 11 is 2.08. The van der Waals surface area contributed by atoms with Gasteiger partial charge in [0.15, 0.2) is 5.96 Å². The zero-order valence-electron chi connectivity index (χ0n) is 18.3. The summed E-state index contributed by atoms with van der Waals surface area (Å²) < 4.78 is 7.88. The molecule has 0 spiro atoms. The lowest BCUT2D eigenvalue weighted by atomic mass is 9.93. The average Bonchev–Trinajstić information content (AvgIpc) is 3.45. The molecule has 0 saturated carbocycles. The van der Waals surface area contributed by atoms with Gasteiger partial charge in [-0.3, -0.25) is 9.89 Å². The van der Waals surface area contributed by atoms with Crippen LogP contribution in [0.4, 0.5) is 0 Å². The molecule has 4 rings (SSSR count). The highest BCUT2D eigenvalue weighted by molar-refractivity contribution is 14.0. The van der Waals surface area contributed by atoms with Crippen LogP contribution in [0.15, 0.2) is 23.7 Å². The number of aromatic nitrogens is 2. The van der Waals surface area contributed by atoms with E-state index in [4.69, 9.17) is 9.73 Å². The van der Waals surface area contributed by atoms with Crippen LogP contribution in [-0.4, -0.2) is 94.8 Å². The predicted octanol–water partition coefficient (Wildman–Crippen LogP) is 2.56. The molecule has 1 N–H and O–H groups in total. The molecule has 0 radical (unpaired) electrons. The lowest BCUT2D eigenvalue weighted by Gasteiger charge is -2.43. The summed E-state index contributed by atoms with van der Waals surface area (Å²) in [7, 11) is 0. The third-order valence-electron chi connectivity index (χ3n) is 6.75. The maximum Gasteiger partial charge on any atom is 0.194 e. The molecule has 9 heteroatoms. The number of ether oxygens (including phenoxy) is 1. The Kier molecular flexibility index (Phi) is 9.15. The molecule has 4 heterocycles. The Hall–Kier alpha value is -0.520. The standard InChI is InChI=1S/C21H36N6OS.HI/c1-3-23-20(25-7-4-18(2)19(14-25)26-8-6-22-17-26)24-15-21(5-13-29-16-21)27-9-11-28-12-10-27;/h6,8,17-19H,3-5,7,9-16H2,1-2H3,(H,23,24);1H. The highest BCUT2D eigenvalue weighted by Gasteiger charge is 2.41. The Morgan fingerprint density at radius 3 is 2.83 bits per heavy atom. The monoisotopic (exact) mass is 548 g/mol. The molecule has 3 aliphatic rings. The number of piperidine rings is 1. The van der Waals surface area contributed by atoms with E-state index in [-0.39, 0.29) is 29.5 Å². The number of guanidine groups is 1. The molecule has 0 amide bonds. The fourth-order valence-corrected chi connectivity index (χ4v) is 6.32. The van der Waals surface area contributed by atoms with Crippen molar-refractivity contribution in [1.82, 2.24) is 24.7 Å².